The molecule has 0 spiro atoms. The Morgan fingerprint density at radius 3 is 2.41 bits per heavy atom. The van der Waals surface area contributed by atoms with Gasteiger partial charge in [-0.05, 0) is 38.5 Å². The van der Waals surface area contributed by atoms with Crippen LogP contribution in [0.5, 0.6) is 5.75 Å². The summed E-state index contributed by atoms with van der Waals surface area (Å²) < 4.78 is 16.0. The minimum atomic E-state index is -1.01. The summed E-state index contributed by atoms with van der Waals surface area (Å²) in [7, 11) is 1.59. The second kappa shape index (κ2) is 5.99. The number of hydrogen-bond donors (Lipinski definition) is 0. The molecule has 1 aliphatic heterocycles. The summed E-state index contributed by atoms with van der Waals surface area (Å²) in [5.74, 6) is 0.0332. The Balaban J connectivity index is 2.48. The Kier molecular flexibility index (Phi) is 4.44. The maximum absolute atomic E-state index is 12.4. The van der Waals surface area contributed by atoms with Crippen molar-refractivity contribution in [1.29, 1.82) is 0 Å². The number of esters is 2. The summed E-state index contributed by atoms with van der Waals surface area (Å²) in [4.78, 5) is 24.2. The molecule has 1 aromatic carbocycles. The lowest BCUT2D eigenvalue weighted by molar-refractivity contribution is -0.180. The summed E-state index contributed by atoms with van der Waals surface area (Å²) in [6, 6.07) is 7.26. The Labute approximate surface area is 130 Å². The van der Waals surface area contributed by atoms with E-state index in [4.69, 9.17) is 14.2 Å². The highest BCUT2D eigenvalue weighted by Crippen LogP contribution is 2.50. The van der Waals surface area contributed by atoms with E-state index in [-0.39, 0.29) is 25.0 Å². The second-order valence-electron chi connectivity index (χ2n) is 5.88. The van der Waals surface area contributed by atoms with E-state index >= 15 is 0 Å². The summed E-state index contributed by atoms with van der Waals surface area (Å²) >= 11 is 0. The molecule has 0 saturated carbocycles. The number of carbonyl (C=O) groups excluding carboxylic acids is 2. The van der Waals surface area contributed by atoms with Crippen LogP contribution in [-0.4, -0.2) is 25.7 Å². The fourth-order valence-corrected chi connectivity index (χ4v) is 2.92. The van der Waals surface area contributed by atoms with Crippen molar-refractivity contribution in [2.75, 3.05) is 13.7 Å². The smallest absolute Gasteiger partial charge is 0.315 e. The van der Waals surface area contributed by atoms with Crippen molar-refractivity contribution in [3.8, 4) is 5.75 Å². The van der Waals surface area contributed by atoms with Crippen molar-refractivity contribution in [2.45, 2.75) is 39.2 Å². The van der Waals surface area contributed by atoms with Crippen molar-refractivity contribution in [1.82, 2.24) is 0 Å². The third-order valence-corrected chi connectivity index (χ3v) is 4.32. The van der Waals surface area contributed by atoms with Gasteiger partial charge in [-0.2, -0.15) is 0 Å². The SMILES string of the molecule is CCOC(=O)C(C)(C)[C@]1(c2ccc(OC)cc2)CCC(=O)O1. The standard InChI is InChI=1S/C17H22O5/c1-5-21-15(19)16(2,3)17(11-10-14(18)22-17)12-6-8-13(20-4)9-7-12/h6-9H,5,10-11H2,1-4H3/t17-/m1/s1. The Morgan fingerprint density at radius 1 is 1.32 bits per heavy atom. The molecule has 1 saturated heterocycles. The van der Waals surface area contributed by atoms with Crippen LogP contribution in [0.4, 0.5) is 0 Å². The normalized spacial score (nSPS) is 21.4. The van der Waals surface area contributed by atoms with E-state index in [2.05, 4.69) is 0 Å². The molecule has 5 heteroatoms. The molecule has 0 unspecified atom stereocenters. The van der Waals surface area contributed by atoms with Crippen molar-refractivity contribution in [3.05, 3.63) is 29.8 Å². The lowest BCUT2D eigenvalue weighted by atomic mass is 9.69. The van der Waals surface area contributed by atoms with Gasteiger partial charge in [0, 0.05) is 12.8 Å². The average molecular weight is 306 g/mol. The molecule has 0 aliphatic carbocycles. The van der Waals surface area contributed by atoms with Gasteiger partial charge in [-0.3, -0.25) is 9.59 Å². The number of carbonyl (C=O) groups is 2. The van der Waals surface area contributed by atoms with E-state index in [9.17, 15) is 9.59 Å². The highest BCUT2D eigenvalue weighted by Gasteiger charge is 2.58. The first kappa shape index (κ1) is 16.3. The predicted octanol–water partition coefficient (Wildman–Crippen LogP) is 2.82. The van der Waals surface area contributed by atoms with Gasteiger partial charge < -0.3 is 14.2 Å². The fraction of sp³-hybridized carbons (Fsp3) is 0.529. The Morgan fingerprint density at radius 2 is 1.95 bits per heavy atom. The topological polar surface area (TPSA) is 61.8 Å². The van der Waals surface area contributed by atoms with Gasteiger partial charge in [0.1, 0.15) is 11.2 Å². The van der Waals surface area contributed by atoms with Gasteiger partial charge in [-0.25, -0.2) is 0 Å². The first-order chi connectivity index (χ1) is 10.4. The average Bonchev–Trinajstić information content (AvgIpc) is 2.91. The molecule has 22 heavy (non-hydrogen) atoms. The third kappa shape index (κ3) is 2.56. The zero-order chi connectivity index (χ0) is 16.4. The van der Waals surface area contributed by atoms with Crippen molar-refractivity contribution in [2.24, 2.45) is 5.41 Å². The van der Waals surface area contributed by atoms with Gasteiger partial charge in [0.25, 0.3) is 0 Å². The lowest BCUT2D eigenvalue weighted by Gasteiger charge is -2.40. The number of hydrogen-bond acceptors (Lipinski definition) is 5. The van der Waals surface area contributed by atoms with Gasteiger partial charge in [0.15, 0.2) is 5.60 Å². The van der Waals surface area contributed by atoms with E-state index in [0.29, 0.717) is 12.2 Å². The summed E-state index contributed by atoms with van der Waals surface area (Å²) in [6.07, 6.45) is 0.735. The minimum Gasteiger partial charge on any atom is -0.497 e. The molecule has 1 fully saturated rings. The van der Waals surface area contributed by atoms with E-state index in [0.717, 1.165) is 5.56 Å². The monoisotopic (exact) mass is 306 g/mol. The summed E-state index contributed by atoms with van der Waals surface area (Å²) in [6.45, 7) is 5.56. The van der Waals surface area contributed by atoms with E-state index in [1.807, 2.05) is 12.1 Å². The van der Waals surface area contributed by atoms with Gasteiger partial charge in [-0.15, -0.1) is 0 Å². The molecule has 5 nitrogen and oxygen atoms in total. The van der Waals surface area contributed by atoms with Crippen molar-refractivity contribution < 1.29 is 23.8 Å². The maximum atomic E-state index is 12.4. The highest BCUT2D eigenvalue weighted by molar-refractivity contribution is 5.81. The lowest BCUT2D eigenvalue weighted by Crippen LogP contribution is -2.48. The number of ether oxygens (including phenoxy) is 3. The summed E-state index contributed by atoms with van der Waals surface area (Å²) in [5, 5.41) is 0. The maximum Gasteiger partial charge on any atom is 0.315 e. The molecule has 1 atom stereocenters. The van der Waals surface area contributed by atoms with Crippen LogP contribution in [0.15, 0.2) is 24.3 Å². The van der Waals surface area contributed by atoms with Crippen LogP contribution in [-0.2, 0) is 24.7 Å². The third-order valence-electron chi connectivity index (χ3n) is 4.32. The molecule has 1 aromatic rings. The van der Waals surface area contributed by atoms with Crippen LogP contribution < -0.4 is 4.74 Å². The van der Waals surface area contributed by atoms with Crippen LogP contribution in [0.3, 0.4) is 0 Å². The fourth-order valence-electron chi connectivity index (χ4n) is 2.92. The van der Waals surface area contributed by atoms with E-state index in [1.165, 1.54) is 0 Å². The quantitative estimate of drug-likeness (QED) is 0.783. The molecule has 0 bridgehead atoms. The first-order valence-corrected chi connectivity index (χ1v) is 7.41. The van der Waals surface area contributed by atoms with E-state index in [1.54, 1.807) is 40.0 Å². The van der Waals surface area contributed by atoms with Crippen LogP contribution in [0, 0.1) is 5.41 Å². The number of cyclic esters (lactones) is 1. The number of rotatable bonds is 5. The molecule has 0 radical (unpaired) electrons. The predicted molar refractivity (Wildman–Crippen MR) is 80.4 cm³/mol. The Hall–Kier alpha value is -2.04. The van der Waals surface area contributed by atoms with E-state index < -0.39 is 11.0 Å². The molecule has 2 rings (SSSR count). The van der Waals surface area contributed by atoms with Crippen molar-refractivity contribution in [3.63, 3.8) is 0 Å². The van der Waals surface area contributed by atoms with Crippen molar-refractivity contribution >= 4 is 11.9 Å². The first-order valence-electron chi connectivity index (χ1n) is 7.41. The largest absolute Gasteiger partial charge is 0.497 e. The van der Waals surface area contributed by atoms with Gasteiger partial charge in [-0.1, -0.05) is 12.1 Å². The number of methoxy groups -OCH3 is 1. The molecule has 0 N–H and O–H groups in total. The van der Waals surface area contributed by atoms with Gasteiger partial charge >= 0.3 is 11.9 Å². The molecular formula is C17H22O5. The Bertz CT molecular complexity index is 561. The van der Waals surface area contributed by atoms with Crippen LogP contribution in [0.2, 0.25) is 0 Å². The highest BCUT2D eigenvalue weighted by atomic mass is 16.6. The van der Waals surface area contributed by atoms with Gasteiger partial charge in [0.2, 0.25) is 0 Å². The zero-order valence-electron chi connectivity index (χ0n) is 13.5. The minimum absolute atomic E-state index is 0.287. The molecular weight excluding hydrogens is 284 g/mol. The molecule has 1 heterocycles. The number of benzene rings is 1. The van der Waals surface area contributed by atoms with Crippen LogP contribution in [0.25, 0.3) is 0 Å². The van der Waals surface area contributed by atoms with Gasteiger partial charge in [0.05, 0.1) is 13.7 Å². The molecule has 0 aromatic heterocycles. The molecule has 0 amide bonds. The second-order valence-corrected chi connectivity index (χ2v) is 5.88. The molecule has 120 valence electrons. The molecule has 1 aliphatic rings. The zero-order valence-corrected chi connectivity index (χ0v) is 13.5. The summed E-state index contributed by atoms with van der Waals surface area (Å²) in [5.41, 5.74) is -1.22. The van der Waals surface area contributed by atoms with Crippen LogP contribution >= 0.6 is 0 Å². The van der Waals surface area contributed by atoms with Crippen LogP contribution in [0.1, 0.15) is 39.2 Å².